The van der Waals surface area contributed by atoms with Gasteiger partial charge in [0.25, 0.3) is 0 Å². The molecule has 0 saturated carbocycles. The number of ether oxygens (including phenoxy) is 1. The van der Waals surface area contributed by atoms with Crippen LogP contribution in [0.25, 0.3) is 0 Å². The number of methoxy groups -OCH3 is 1. The molecule has 5 heteroatoms. The minimum atomic E-state index is -0.383. The molecule has 0 aromatic heterocycles. The lowest BCUT2D eigenvalue weighted by atomic mass is 10.1. The monoisotopic (exact) mass is 267 g/mol. The number of amides is 1. The third-order valence-electron chi connectivity index (χ3n) is 2.82. The molecule has 19 heavy (non-hydrogen) atoms. The summed E-state index contributed by atoms with van der Waals surface area (Å²) in [6, 6.07) is 5.92. The fourth-order valence-electron chi connectivity index (χ4n) is 1.74. The summed E-state index contributed by atoms with van der Waals surface area (Å²) in [5.41, 5.74) is 0.613. The number of hydrogen-bond acceptors (Lipinski definition) is 3. The van der Waals surface area contributed by atoms with Gasteiger partial charge in [-0.15, -0.1) is 0 Å². The Kier molecular flexibility index (Phi) is 5.48. The lowest BCUT2D eigenvalue weighted by Crippen LogP contribution is -2.35. The standard InChI is InChI=1S/C14H18FNO3/c1-10(14(18)19-3)9-16(2)13(17)8-11-5-4-6-12(15)7-11/h4-7,10H,8-9H2,1-3H3. The van der Waals surface area contributed by atoms with Crippen molar-refractivity contribution in [1.82, 2.24) is 4.90 Å². The molecule has 0 saturated heterocycles. The number of carbonyl (C=O) groups is 2. The SMILES string of the molecule is COC(=O)C(C)CN(C)C(=O)Cc1cccc(F)c1. The van der Waals surface area contributed by atoms with Crippen LogP contribution >= 0.6 is 0 Å². The van der Waals surface area contributed by atoms with E-state index in [0.717, 1.165) is 0 Å². The number of rotatable bonds is 5. The number of hydrogen-bond donors (Lipinski definition) is 0. The molecule has 0 aliphatic rings. The van der Waals surface area contributed by atoms with Crippen LogP contribution in [0.5, 0.6) is 0 Å². The van der Waals surface area contributed by atoms with Gasteiger partial charge in [0, 0.05) is 13.6 Å². The highest BCUT2D eigenvalue weighted by Gasteiger charge is 2.18. The molecule has 1 amide bonds. The van der Waals surface area contributed by atoms with Gasteiger partial charge in [-0.1, -0.05) is 19.1 Å². The van der Waals surface area contributed by atoms with Crippen LogP contribution in [0.1, 0.15) is 12.5 Å². The van der Waals surface area contributed by atoms with Crippen molar-refractivity contribution in [3.63, 3.8) is 0 Å². The maximum atomic E-state index is 13.0. The summed E-state index contributed by atoms with van der Waals surface area (Å²) >= 11 is 0. The predicted molar refractivity (Wildman–Crippen MR) is 68.9 cm³/mol. The molecule has 0 N–H and O–H groups in total. The lowest BCUT2D eigenvalue weighted by molar-refractivity contribution is -0.146. The van der Waals surface area contributed by atoms with Crippen LogP contribution in [-0.4, -0.2) is 37.5 Å². The Labute approximate surface area is 112 Å². The van der Waals surface area contributed by atoms with E-state index in [0.29, 0.717) is 5.56 Å². The molecule has 1 aromatic rings. The van der Waals surface area contributed by atoms with Crippen molar-refractivity contribution in [2.75, 3.05) is 20.7 Å². The highest BCUT2D eigenvalue weighted by Crippen LogP contribution is 2.07. The van der Waals surface area contributed by atoms with E-state index in [1.807, 2.05) is 0 Å². The van der Waals surface area contributed by atoms with Gasteiger partial charge in [-0.25, -0.2) is 4.39 Å². The van der Waals surface area contributed by atoms with Crippen molar-refractivity contribution in [2.45, 2.75) is 13.3 Å². The molecule has 1 atom stereocenters. The van der Waals surface area contributed by atoms with Gasteiger partial charge in [0.15, 0.2) is 0 Å². The number of halogens is 1. The van der Waals surface area contributed by atoms with Gasteiger partial charge in [0.05, 0.1) is 19.4 Å². The normalized spacial score (nSPS) is 11.8. The van der Waals surface area contributed by atoms with Crippen molar-refractivity contribution < 1.29 is 18.7 Å². The highest BCUT2D eigenvalue weighted by molar-refractivity contribution is 5.79. The first kappa shape index (κ1) is 15.1. The van der Waals surface area contributed by atoms with E-state index in [9.17, 15) is 14.0 Å². The summed E-state index contributed by atoms with van der Waals surface area (Å²) in [7, 11) is 2.93. The Morgan fingerprint density at radius 3 is 2.68 bits per heavy atom. The third kappa shape index (κ3) is 4.69. The van der Waals surface area contributed by atoms with Crippen molar-refractivity contribution in [1.29, 1.82) is 0 Å². The number of nitrogens with zero attached hydrogens (tertiary/aromatic N) is 1. The molecule has 0 radical (unpaired) electrons. The molecule has 0 heterocycles. The van der Waals surface area contributed by atoms with Crippen molar-refractivity contribution in [3.8, 4) is 0 Å². The molecular formula is C14H18FNO3. The van der Waals surface area contributed by atoms with E-state index in [1.165, 1.54) is 24.1 Å². The summed E-state index contributed by atoms with van der Waals surface area (Å²) < 4.78 is 17.6. The summed E-state index contributed by atoms with van der Waals surface area (Å²) in [6.45, 7) is 1.97. The zero-order valence-corrected chi connectivity index (χ0v) is 11.4. The Bertz CT molecular complexity index is 462. The van der Waals surface area contributed by atoms with Crippen LogP contribution in [0.4, 0.5) is 4.39 Å². The maximum Gasteiger partial charge on any atom is 0.310 e. The fourth-order valence-corrected chi connectivity index (χ4v) is 1.74. The topological polar surface area (TPSA) is 46.6 Å². The van der Waals surface area contributed by atoms with Crippen LogP contribution in [0.3, 0.4) is 0 Å². The molecule has 104 valence electrons. The van der Waals surface area contributed by atoms with Gasteiger partial charge in [0.2, 0.25) is 5.91 Å². The number of benzene rings is 1. The van der Waals surface area contributed by atoms with Gasteiger partial charge < -0.3 is 9.64 Å². The number of carbonyl (C=O) groups excluding carboxylic acids is 2. The van der Waals surface area contributed by atoms with Gasteiger partial charge >= 0.3 is 5.97 Å². The molecule has 0 spiro atoms. The summed E-state index contributed by atoms with van der Waals surface area (Å²) in [5.74, 6) is -1.27. The number of esters is 1. The zero-order chi connectivity index (χ0) is 14.4. The maximum absolute atomic E-state index is 13.0. The van der Waals surface area contributed by atoms with Crippen molar-refractivity contribution >= 4 is 11.9 Å². The molecule has 0 fully saturated rings. The third-order valence-corrected chi connectivity index (χ3v) is 2.82. The summed E-state index contributed by atoms with van der Waals surface area (Å²) in [5, 5.41) is 0. The van der Waals surface area contributed by atoms with Crippen LogP contribution in [0.2, 0.25) is 0 Å². The smallest absolute Gasteiger partial charge is 0.310 e. The lowest BCUT2D eigenvalue weighted by Gasteiger charge is -2.20. The van der Waals surface area contributed by atoms with Crippen LogP contribution in [-0.2, 0) is 20.7 Å². The minimum absolute atomic E-state index is 0.113. The molecule has 1 rings (SSSR count). The zero-order valence-electron chi connectivity index (χ0n) is 11.4. The largest absolute Gasteiger partial charge is 0.469 e. The van der Waals surface area contributed by atoms with Crippen LogP contribution in [0.15, 0.2) is 24.3 Å². The minimum Gasteiger partial charge on any atom is -0.469 e. The average Bonchev–Trinajstić information content (AvgIpc) is 2.37. The molecule has 1 unspecified atom stereocenters. The molecule has 1 aromatic carbocycles. The number of likely N-dealkylation sites (N-methyl/N-ethyl adjacent to an activating group) is 1. The fraction of sp³-hybridized carbons (Fsp3) is 0.429. The van der Waals surface area contributed by atoms with E-state index in [4.69, 9.17) is 0 Å². The first-order valence-corrected chi connectivity index (χ1v) is 6.00. The van der Waals surface area contributed by atoms with Crippen molar-refractivity contribution in [3.05, 3.63) is 35.6 Å². The molecule has 0 bridgehead atoms. The molecule has 0 aliphatic carbocycles. The molecule has 0 aliphatic heterocycles. The van der Waals surface area contributed by atoms with Crippen LogP contribution in [0, 0.1) is 11.7 Å². The Balaban J connectivity index is 2.56. The van der Waals surface area contributed by atoms with Gasteiger partial charge in [-0.3, -0.25) is 9.59 Å². The second kappa shape index (κ2) is 6.87. The average molecular weight is 267 g/mol. The van der Waals surface area contributed by atoms with Gasteiger partial charge in [0.1, 0.15) is 5.82 Å². The van der Waals surface area contributed by atoms with Gasteiger partial charge in [-0.05, 0) is 17.7 Å². The van der Waals surface area contributed by atoms with E-state index >= 15 is 0 Å². The van der Waals surface area contributed by atoms with E-state index < -0.39 is 0 Å². The Morgan fingerprint density at radius 1 is 1.42 bits per heavy atom. The highest BCUT2D eigenvalue weighted by atomic mass is 19.1. The van der Waals surface area contributed by atoms with Crippen LogP contribution < -0.4 is 0 Å². The summed E-state index contributed by atoms with van der Waals surface area (Å²) in [4.78, 5) is 24.6. The first-order valence-electron chi connectivity index (χ1n) is 6.00. The Morgan fingerprint density at radius 2 is 2.11 bits per heavy atom. The van der Waals surface area contributed by atoms with E-state index in [1.54, 1.807) is 26.1 Å². The van der Waals surface area contributed by atoms with E-state index in [-0.39, 0.29) is 36.6 Å². The van der Waals surface area contributed by atoms with E-state index in [2.05, 4.69) is 4.74 Å². The Hall–Kier alpha value is -1.91. The summed E-state index contributed by atoms with van der Waals surface area (Å²) in [6.07, 6.45) is 0.113. The second-order valence-electron chi connectivity index (χ2n) is 4.51. The molecule has 4 nitrogen and oxygen atoms in total. The van der Waals surface area contributed by atoms with Gasteiger partial charge in [-0.2, -0.15) is 0 Å². The predicted octanol–water partition coefficient (Wildman–Crippen LogP) is 1.64. The quantitative estimate of drug-likeness (QED) is 0.762. The second-order valence-corrected chi connectivity index (χ2v) is 4.51. The first-order chi connectivity index (χ1) is 8.93. The van der Waals surface area contributed by atoms with Crippen molar-refractivity contribution in [2.24, 2.45) is 5.92 Å². The molecular weight excluding hydrogens is 249 g/mol.